The molecule has 1 unspecified atom stereocenters. The Bertz CT molecular complexity index is 428. The van der Waals surface area contributed by atoms with Gasteiger partial charge in [-0.2, -0.15) is 0 Å². The monoisotopic (exact) mass is 269 g/mol. The lowest BCUT2D eigenvalue weighted by molar-refractivity contribution is 0.531. The van der Waals surface area contributed by atoms with Crippen LogP contribution in [0.25, 0.3) is 0 Å². The number of sulfone groups is 1. The second-order valence-corrected chi connectivity index (χ2v) is 6.78. The Morgan fingerprint density at radius 1 is 1.11 bits per heavy atom. The summed E-state index contributed by atoms with van der Waals surface area (Å²) in [6.45, 7) is 4.52. The molecule has 0 aliphatic heterocycles. The van der Waals surface area contributed by atoms with Crippen LogP contribution in [0.4, 0.5) is 0 Å². The van der Waals surface area contributed by atoms with Crippen molar-refractivity contribution >= 4 is 9.84 Å². The van der Waals surface area contributed by atoms with Crippen LogP contribution in [0.1, 0.15) is 38.3 Å². The molecule has 0 spiro atoms. The molecule has 0 radical (unpaired) electrons. The predicted octanol–water partition coefficient (Wildman–Crippen LogP) is 2.55. The average Bonchev–Trinajstić information content (AvgIpc) is 2.35. The Labute approximate surface area is 111 Å². The molecule has 1 atom stereocenters. The van der Waals surface area contributed by atoms with E-state index < -0.39 is 9.84 Å². The lowest BCUT2D eigenvalue weighted by Crippen LogP contribution is -2.27. The van der Waals surface area contributed by atoms with E-state index in [1.807, 2.05) is 25.1 Å². The smallest absolute Gasteiger partial charge is 0.151 e. The van der Waals surface area contributed by atoms with E-state index in [1.54, 1.807) is 0 Å². The van der Waals surface area contributed by atoms with Gasteiger partial charge in [0.15, 0.2) is 9.84 Å². The van der Waals surface area contributed by atoms with Crippen molar-refractivity contribution in [3.63, 3.8) is 0 Å². The highest BCUT2D eigenvalue weighted by atomic mass is 32.2. The van der Waals surface area contributed by atoms with E-state index in [-0.39, 0.29) is 17.5 Å². The molecule has 0 heterocycles. The maximum absolute atomic E-state index is 11.6. The van der Waals surface area contributed by atoms with Crippen LogP contribution >= 0.6 is 0 Å². The topological polar surface area (TPSA) is 46.2 Å². The largest absolute Gasteiger partial charge is 0.309 e. The minimum absolute atomic E-state index is 0.226. The molecule has 0 fully saturated rings. The SMILES string of the molecule is CCCS(=O)(=O)CCNC(CC)c1ccccc1. The van der Waals surface area contributed by atoms with Crippen LogP contribution in [0.3, 0.4) is 0 Å². The first-order valence-electron chi connectivity index (χ1n) is 6.57. The Morgan fingerprint density at radius 2 is 1.78 bits per heavy atom. The van der Waals surface area contributed by atoms with Crippen LogP contribution in [0.15, 0.2) is 30.3 Å². The van der Waals surface area contributed by atoms with Crippen molar-refractivity contribution in [2.24, 2.45) is 0 Å². The molecular formula is C14H23NO2S. The highest BCUT2D eigenvalue weighted by Crippen LogP contribution is 2.15. The third-order valence-electron chi connectivity index (χ3n) is 2.93. The van der Waals surface area contributed by atoms with Gasteiger partial charge in [-0.25, -0.2) is 8.42 Å². The molecule has 1 aromatic carbocycles. The van der Waals surface area contributed by atoms with Crippen LogP contribution < -0.4 is 5.32 Å². The van der Waals surface area contributed by atoms with Gasteiger partial charge >= 0.3 is 0 Å². The molecule has 0 amide bonds. The van der Waals surface area contributed by atoms with Gasteiger partial charge in [0.25, 0.3) is 0 Å². The standard InChI is InChI=1S/C14H23NO2S/c1-3-11-18(16,17)12-10-15-14(4-2)13-8-6-5-7-9-13/h5-9,14-15H,3-4,10-12H2,1-2H3. The highest BCUT2D eigenvalue weighted by Gasteiger charge is 2.12. The number of hydrogen-bond acceptors (Lipinski definition) is 3. The van der Waals surface area contributed by atoms with Crippen molar-refractivity contribution in [3.05, 3.63) is 35.9 Å². The van der Waals surface area contributed by atoms with Crippen molar-refractivity contribution < 1.29 is 8.42 Å². The van der Waals surface area contributed by atoms with Gasteiger partial charge in [-0.3, -0.25) is 0 Å². The zero-order valence-electron chi connectivity index (χ0n) is 11.2. The van der Waals surface area contributed by atoms with Crippen molar-refractivity contribution in [2.45, 2.75) is 32.7 Å². The van der Waals surface area contributed by atoms with E-state index in [2.05, 4.69) is 24.4 Å². The summed E-state index contributed by atoms with van der Waals surface area (Å²) in [5.74, 6) is 0.515. The zero-order chi connectivity index (χ0) is 13.4. The Kier molecular flexibility index (Phi) is 6.36. The highest BCUT2D eigenvalue weighted by molar-refractivity contribution is 7.91. The van der Waals surface area contributed by atoms with Gasteiger partial charge in [0, 0.05) is 18.3 Å². The van der Waals surface area contributed by atoms with Gasteiger partial charge in [0.2, 0.25) is 0 Å². The van der Waals surface area contributed by atoms with Crippen LogP contribution in [0.5, 0.6) is 0 Å². The lowest BCUT2D eigenvalue weighted by Gasteiger charge is -2.17. The Morgan fingerprint density at radius 3 is 2.33 bits per heavy atom. The summed E-state index contributed by atoms with van der Waals surface area (Å²) in [5, 5.41) is 3.32. The van der Waals surface area contributed by atoms with Crippen molar-refractivity contribution in [1.29, 1.82) is 0 Å². The molecule has 1 N–H and O–H groups in total. The van der Waals surface area contributed by atoms with Crippen molar-refractivity contribution in [2.75, 3.05) is 18.1 Å². The van der Waals surface area contributed by atoms with E-state index in [1.165, 1.54) is 5.56 Å². The number of nitrogens with one attached hydrogen (secondary N) is 1. The van der Waals surface area contributed by atoms with E-state index in [0.717, 1.165) is 6.42 Å². The average molecular weight is 269 g/mol. The van der Waals surface area contributed by atoms with Crippen LogP contribution in [-0.2, 0) is 9.84 Å². The summed E-state index contributed by atoms with van der Waals surface area (Å²) in [7, 11) is -2.88. The van der Waals surface area contributed by atoms with Crippen LogP contribution in [0, 0.1) is 0 Å². The molecule has 1 aromatic rings. The van der Waals surface area contributed by atoms with Gasteiger partial charge < -0.3 is 5.32 Å². The first-order valence-corrected chi connectivity index (χ1v) is 8.40. The van der Waals surface area contributed by atoms with E-state index in [4.69, 9.17) is 0 Å². The van der Waals surface area contributed by atoms with Gasteiger partial charge in [0.05, 0.1) is 5.75 Å². The predicted molar refractivity (Wildman–Crippen MR) is 76.4 cm³/mol. The van der Waals surface area contributed by atoms with E-state index in [9.17, 15) is 8.42 Å². The van der Waals surface area contributed by atoms with E-state index in [0.29, 0.717) is 13.0 Å². The molecule has 0 saturated heterocycles. The normalized spacial score (nSPS) is 13.4. The fraction of sp³-hybridized carbons (Fsp3) is 0.571. The number of hydrogen-bond donors (Lipinski definition) is 1. The molecule has 3 nitrogen and oxygen atoms in total. The maximum atomic E-state index is 11.6. The molecule has 1 rings (SSSR count). The number of benzene rings is 1. The first kappa shape index (κ1) is 15.2. The molecule has 0 aliphatic carbocycles. The van der Waals surface area contributed by atoms with Crippen LogP contribution in [0.2, 0.25) is 0 Å². The summed E-state index contributed by atoms with van der Waals surface area (Å²) in [5.41, 5.74) is 1.22. The minimum Gasteiger partial charge on any atom is -0.309 e. The van der Waals surface area contributed by atoms with Gasteiger partial charge in [-0.1, -0.05) is 44.2 Å². The molecule has 0 saturated carbocycles. The minimum atomic E-state index is -2.88. The van der Waals surface area contributed by atoms with Gasteiger partial charge in [-0.05, 0) is 18.4 Å². The van der Waals surface area contributed by atoms with Crippen molar-refractivity contribution in [3.8, 4) is 0 Å². The quantitative estimate of drug-likeness (QED) is 0.789. The first-order chi connectivity index (χ1) is 8.59. The third-order valence-corrected chi connectivity index (χ3v) is 4.79. The second kappa shape index (κ2) is 7.54. The lowest BCUT2D eigenvalue weighted by atomic mass is 10.1. The van der Waals surface area contributed by atoms with Crippen LogP contribution in [-0.4, -0.2) is 26.5 Å². The molecule has 0 aromatic heterocycles. The summed E-state index contributed by atoms with van der Waals surface area (Å²) in [6.07, 6.45) is 1.65. The Balaban J connectivity index is 2.47. The zero-order valence-corrected chi connectivity index (χ0v) is 12.0. The fourth-order valence-electron chi connectivity index (χ4n) is 1.98. The summed E-state index contributed by atoms with van der Waals surface area (Å²) >= 11 is 0. The molecule has 18 heavy (non-hydrogen) atoms. The third kappa shape index (κ3) is 5.19. The summed E-state index contributed by atoms with van der Waals surface area (Å²) < 4.78 is 23.2. The maximum Gasteiger partial charge on any atom is 0.151 e. The molecule has 4 heteroatoms. The van der Waals surface area contributed by atoms with Gasteiger partial charge in [0.1, 0.15) is 0 Å². The summed E-state index contributed by atoms with van der Waals surface area (Å²) in [6, 6.07) is 10.4. The van der Waals surface area contributed by atoms with Gasteiger partial charge in [-0.15, -0.1) is 0 Å². The van der Waals surface area contributed by atoms with E-state index >= 15 is 0 Å². The molecule has 0 bridgehead atoms. The summed E-state index contributed by atoms with van der Waals surface area (Å²) in [4.78, 5) is 0. The second-order valence-electron chi connectivity index (χ2n) is 4.48. The molecule has 0 aliphatic rings. The Hall–Kier alpha value is -0.870. The number of rotatable bonds is 8. The molecular weight excluding hydrogens is 246 g/mol. The molecule has 102 valence electrons. The van der Waals surface area contributed by atoms with Crippen molar-refractivity contribution in [1.82, 2.24) is 5.32 Å². The fourth-order valence-corrected chi connectivity index (χ4v) is 3.24.